The average molecular weight is 288 g/mol. The van der Waals surface area contributed by atoms with Crippen LogP contribution in [0, 0.1) is 10.1 Å². The van der Waals surface area contributed by atoms with E-state index in [-0.39, 0.29) is 24.1 Å². The summed E-state index contributed by atoms with van der Waals surface area (Å²) in [6.07, 6.45) is 1.53. The van der Waals surface area contributed by atoms with E-state index in [1.165, 1.54) is 11.0 Å². The monoisotopic (exact) mass is 288 g/mol. The fraction of sp³-hybridized carbons (Fsp3) is 0.267. The van der Waals surface area contributed by atoms with Crippen molar-refractivity contribution in [2.45, 2.75) is 19.4 Å². The first-order valence-corrected chi connectivity index (χ1v) is 6.52. The van der Waals surface area contributed by atoms with E-state index in [1.807, 2.05) is 6.92 Å². The Bertz CT molecular complexity index is 637. The molecule has 1 unspecified atom stereocenters. The number of para-hydroxylation sites is 1. The summed E-state index contributed by atoms with van der Waals surface area (Å²) in [5.41, 5.74) is 0.371. The normalized spacial score (nSPS) is 11.9. The number of benzene rings is 1. The van der Waals surface area contributed by atoms with Crippen LogP contribution in [0.4, 0.5) is 5.69 Å². The molecule has 0 saturated heterocycles. The lowest BCUT2D eigenvalue weighted by Gasteiger charge is -2.23. The molecule has 1 aromatic heterocycles. The van der Waals surface area contributed by atoms with E-state index in [9.17, 15) is 14.9 Å². The van der Waals surface area contributed by atoms with E-state index in [0.29, 0.717) is 11.3 Å². The van der Waals surface area contributed by atoms with Gasteiger partial charge in [0.15, 0.2) is 0 Å². The number of rotatable bonds is 5. The van der Waals surface area contributed by atoms with Gasteiger partial charge in [0.05, 0.1) is 23.6 Å². The Kier molecular flexibility index (Phi) is 4.37. The SMILES string of the molecule is CC(c1ccco1)N(C)C(=O)Cc1ccccc1[N+](=O)[O-]. The van der Waals surface area contributed by atoms with E-state index in [4.69, 9.17) is 4.42 Å². The van der Waals surface area contributed by atoms with E-state index >= 15 is 0 Å². The Hall–Kier alpha value is -2.63. The summed E-state index contributed by atoms with van der Waals surface area (Å²) in [5.74, 6) is 0.474. The summed E-state index contributed by atoms with van der Waals surface area (Å²) in [7, 11) is 1.66. The molecule has 0 aliphatic carbocycles. The second-order valence-corrected chi connectivity index (χ2v) is 4.76. The molecule has 0 aliphatic rings. The predicted octanol–water partition coefficient (Wildman–Crippen LogP) is 2.95. The maximum absolute atomic E-state index is 12.3. The molecule has 0 N–H and O–H groups in total. The van der Waals surface area contributed by atoms with Gasteiger partial charge in [-0.25, -0.2) is 0 Å². The molecule has 2 rings (SSSR count). The minimum Gasteiger partial charge on any atom is -0.467 e. The lowest BCUT2D eigenvalue weighted by atomic mass is 10.1. The number of carbonyl (C=O) groups excluding carboxylic acids is 1. The highest BCUT2D eigenvalue weighted by atomic mass is 16.6. The highest BCUT2D eigenvalue weighted by molar-refractivity contribution is 5.80. The zero-order valence-corrected chi connectivity index (χ0v) is 11.9. The van der Waals surface area contributed by atoms with Crippen molar-refractivity contribution in [3.8, 4) is 0 Å². The summed E-state index contributed by atoms with van der Waals surface area (Å²) in [4.78, 5) is 24.3. The molecule has 0 bridgehead atoms. The van der Waals surface area contributed by atoms with Crippen LogP contribution < -0.4 is 0 Å². The molecule has 1 heterocycles. The van der Waals surface area contributed by atoms with Crippen LogP contribution in [0.2, 0.25) is 0 Å². The van der Waals surface area contributed by atoms with Crippen molar-refractivity contribution < 1.29 is 14.1 Å². The van der Waals surface area contributed by atoms with Gasteiger partial charge in [-0.05, 0) is 19.1 Å². The van der Waals surface area contributed by atoms with Crippen molar-refractivity contribution in [3.05, 3.63) is 64.1 Å². The van der Waals surface area contributed by atoms with Gasteiger partial charge in [-0.1, -0.05) is 18.2 Å². The molecular formula is C15H16N2O4. The molecule has 0 radical (unpaired) electrons. The van der Waals surface area contributed by atoms with Gasteiger partial charge >= 0.3 is 0 Å². The van der Waals surface area contributed by atoms with E-state index in [2.05, 4.69) is 0 Å². The number of furan rings is 1. The van der Waals surface area contributed by atoms with Gasteiger partial charge < -0.3 is 9.32 Å². The largest absolute Gasteiger partial charge is 0.467 e. The van der Waals surface area contributed by atoms with Crippen molar-refractivity contribution in [1.29, 1.82) is 0 Å². The first kappa shape index (κ1) is 14.8. The molecule has 0 fully saturated rings. The van der Waals surface area contributed by atoms with Gasteiger partial charge in [-0.3, -0.25) is 14.9 Å². The van der Waals surface area contributed by atoms with Crippen LogP contribution in [0.1, 0.15) is 24.3 Å². The maximum atomic E-state index is 12.3. The van der Waals surface area contributed by atoms with E-state index < -0.39 is 4.92 Å². The second kappa shape index (κ2) is 6.21. The molecule has 1 amide bonds. The Morgan fingerprint density at radius 2 is 2.05 bits per heavy atom. The van der Waals surface area contributed by atoms with Gasteiger partial charge in [0.2, 0.25) is 5.91 Å². The molecule has 0 saturated carbocycles. The van der Waals surface area contributed by atoms with Crippen molar-refractivity contribution in [1.82, 2.24) is 4.90 Å². The van der Waals surface area contributed by atoms with Gasteiger partial charge in [-0.2, -0.15) is 0 Å². The zero-order valence-electron chi connectivity index (χ0n) is 11.9. The summed E-state index contributed by atoms with van der Waals surface area (Å²) in [6, 6.07) is 9.59. The number of amides is 1. The van der Waals surface area contributed by atoms with Crippen LogP contribution >= 0.6 is 0 Å². The summed E-state index contributed by atoms with van der Waals surface area (Å²) < 4.78 is 5.28. The van der Waals surface area contributed by atoms with Crippen molar-refractivity contribution >= 4 is 11.6 Å². The van der Waals surface area contributed by atoms with Crippen LogP contribution in [0.25, 0.3) is 0 Å². The van der Waals surface area contributed by atoms with Crippen LogP contribution in [0.15, 0.2) is 47.1 Å². The minimum atomic E-state index is -0.474. The molecule has 0 spiro atoms. The highest BCUT2D eigenvalue weighted by Gasteiger charge is 2.22. The molecular weight excluding hydrogens is 272 g/mol. The smallest absolute Gasteiger partial charge is 0.273 e. The molecule has 6 heteroatoms. The quantitative estimate of drug-likeness (QED) is 0.626. The Balaban J connectivity index is 2.13. The summed E-state index contributed by atoms with van der Waals surface area (Å²) in [6.45, 7) is 1.84. The molecule has 2 aromatic rings. The number of hydrogen-bond donors (Lipinski definition) is 0. The van der Waals surface area contributed by atoms with E-state index in [1.54, 1.807) is 43.6 Å². The number of nitro benzene ring substituents is 1. The zero-order chi connectivity index (χ0) is 15.4. The number of nitrogens with zero attached hydrogens (tertiary/aromatic N) is 2. The summed E-state index contributed by atoms with van der Waals surface area (Å²) >= 11 is 0. The van der Waals surface area contributed by atoms with Crippen LogP contribution in [-0.4, -0.2) is 22.8 Å². The van der Waals surface area contributed by atoms with Crippen molar-refractivity contribution in [2.75, 3.05) is 7.05 Å². The molecule has 21 heavy (non-hydrogen) atoms. The summed E-state index contributed by atoms with van der Waals surface area (Å²) in [5, 5.41) is 11.0. The topological polar surface area (TPSA) is 76.6 Å². The van der Waals surface area contributed by atoms with Gasteiger partial charge in [0, 0.05) is 18.7 Å². The van der Waals surface area contributed by atoms with Crippen LogP contribution in [0.5, 0.6) is 0 Å². The van der Waals surface area contributed by atoms with Gasteiger partial charge in [0.25, 0.3) is 5.69 Å². The first-order valence-electron chi connectivity index (χ1n) is 6.52. The van der Waals surface area contributed by atoms with Gasteiger partial charge in [-0.15, -0.1) is 0 Å². The standard InChI is InChI=1S/C15H16N2O4/c1-11(14-8-5-9-21-14)16(2)15(18)10-12-6-3-4-7-13(12)17(19)20/h3-9,11H,10H2,1-2H3. The fourth-order valence-electron chi connectivity index (χ4n) is 2.06. The Morgan fingerprint density at radius 3 is 2.67 bits per heavy atom. The van der Waals surface area contributed by atoms with Crippen molar-refractivity contribution in [2.24, 2.45) is 0 Å². The minimum absolute atomic E-state index is 0.0152. The molecule has 110 valence electrons. The number of hydrogen-bond acceptors (Lipinski definition) is 4. The third-order valence-electron chi connectivity index (χ3n) is 3.46. The third kappa shape index (κ3) is 3.28. The molecule has 1 atom stereocenters. The molecule has 1 aromatic carbocycles. The number of nitro groups is 1. The van der Waals surface area contributed by atoms with Gasteiger partial charge in [0.1, 0.15) is 5.76 Å². The lowest BCUT2D eigenvalue weighted by Crippen LogP contribution is -2.30. The van der Waals surface area contributed by atoms with E-state index in [0.717, 1.165) is 0 Å². The van der Waals surface area contributed by atoms with Crippen LogP contribution in [0.3, 0.4) is 0 Å². The van der Waals surface area contributed by atoms with Crippen LogP contribution in [-0.2, 0) is 11.2 Å². The Morgan fingerprint density at radius 1 is 1.33 bits per heavy atom. The number of likely N-dealkylation sites (N-methyl/N-ethyl adjacent to an activating group) is 1. The average Bonchev–Trinajstić information content (AvgIpc) is 3.00. The second-order valence-electron chi connectivity index (χ2n) is 4.76. The highest BCUT2D eigenvalue weighted by Crippen LogP contribution is 2.22. The Labute approximate surface area is 122 Å². The maximum Gasteiger partial charge on any atom is 0.273 e. The first-order chi connectivity index (χ1) is 10.0. The molecule has 0 aliphatic heterocycles. The third-order valence-corrected chi connectivity index (χ3v) is 3.46. The van der Waals surface area contributed by atoms with Crippen molar-refractivity contribution in [3.63, 3.8) is 0 Å². The fourth-order valence-corrected chi connectivity index (χ4v) is 2.06. The lowest BCUT2D eigenvalue weighted by molar-refractivity contribution is -0.385. The predicted molar refractivity (Wildman–Crippen MR) is 76.7 cm³/mol. The molecule has 6 nitrogen and oxygen atoms in total. The number of carbonyl (C=O) groups is 1.